The minimum absolute atomic E-state index is 0.0304. The summed E-state index contributed by atoms with van der Waals surface area (Å²) in [5, 5.41) is 34.9. The third-order valence-corrected chi connectivity index (χ3v) is 5.58. The molecule has 5 atom stereocenters. The topological polar surface area (TPSA) is 237 Å². The van der Waals surface area contributed by atoms with Crippen molar-refractivity contribution in [2.45, 2.75) is 62.9 Å². The number of imidazole rings is 1. The minimum Gasteiger partial charge on any atom is -0.481 e. The van der Waals surface area contributed by atoms with Crippen molar-refractivity contribution in [3.05, 3.63) is 18.2 Å². The Balaban J connectivity index is 3.02. The number of aliphatic carboxylic acids is 2. The van der Waals surface area contributed by atoms with Gasteiger partial charge in [-0.1, -0.05) is 0 Å². The van der Waals surface area contributed by atoms with Gasteiger partial charge in [-0.05, 0) is 31.8 Å². The van der Waals surface area contributed by atoms with Crippen molar-refractivity contribution < 1.29 is 39.3 Å². The molecule has 0 bridgehead atoms. The molecule has 1 aromatic rings. The van der Waals surface area contributed by atoms with Crippen LogP contribution >= 0.6 is 11.8 Å². The monoisotopic (exact) mass is 516 g/mol. The number of carboxylic acids is 2. The summed E-state index contributed by atoms with van der Waals surface area (Å²) in [4.78, 5) is 67.1. The summed E-state index contributed by atoms with van der Waals surface area (Å²) in [6, 6.07) is -5.11. The molecule has 3 amide bonds. The lowest BCUT2D eigenvalue weighted by atomic mass is 10.1. The first-order valence-electron chi connectivity index (χ1n) is 10.7. The summed E-state index contributed by atoms with van der Waals surface area (Å²) >= 11 is 1.39. The summed E-state index contributed by atoms with van der Waals surface area (Å²) in [6.45, 7) is 1.32. The first-order valence-corrected chi connectivity index (χ1v) is 12.1. The summed E-state index contributed by atoms with van der Waals surface area (Å²) in [5.41, 5.74) is 6.15. The van der Waals surface area contributed by atoms with Crippen LogP contribution < -0.4 is 21.7 Å². The highest BCUT2D eigenvalue weighted by atomic mass is 32.2. The smallest absolute Gasteiger partial charge is 0.326 e. The molecular formula is C20H32N6O8S. The maximum atomic E-state index is 13.1. The minimum atomic E-state index is -1.46. The Hall–Kier alpha value is -3.17. The van der Waals surface area contributed by atoms with Crippen LogP contribution in [0.1, 0.15) is 31.9 Å². The molecule has 0 spiro atoms. The average molecular weight is 517 g/mol. The van der Waals surface area contributed by atoms with Gasteiger partial charge < -0.3 is 42.0 Å². The van der Waals surface area contributed by atoms with Gasteiger partial charge in [-0.2, -0.15) is 11.8 Å². The van der Waals surface area contributed by atoms with E-state index in [9.17, 15) is 34.2 Å². The zero-order chi connectivity index (χ0) is 26.5. The second-order valence-corrected chi connectivity index (χ2v) is 8.77. The van der Waals surface area contributed by atoms with E-state index in [-0.39, 0.29) is 19.3 Å². The van der Waals surface area contributed by atoms with E-state index >= 15 is 0 Å². The van der Waals surface area contributed by atoms with Crippen molar-refractivity contribution in [1.29, 1.82) is 0 Å². The van der Waals surface area contributed by atoms with E-state index in [1.165, 1.54) is 31.2 Å². The quantitative estimate of drug-likeness (QED) is 0.117. The largest absolute Gasteiger partial charge is 0.481 e. The number of aromatic nitrogens is 2. The first kappa shape index (κ1) is 29.9. The van der Waals surface area contributed by atoms with Crippen LogP contribution in [0, 0.1) is 0 Å². The van der Waals surface area contributed by atoms with E-state index in [0.717, 1.165) is 0 Å². The number of rotatable bonds is 16. The predicted molar refractivity (Wildman–Crippen MR) is 125 cm³/mol. The average Bonchev–Trinajstić information content (AvgIpc) is 3.30. The van der Waals surface area contributed by atoms with Crippen LogP contribution in [-0.2, 0) is 30.4 Å². The number of carbonyl (C=O) groups excluding carboxylic acids is 3. The van der Waals surface area contributed by atoms with Crippen LogP contribution in [0.15, 0.2) is 12.5 Å². The lowest BCUT2D eigenvalue weighted by Crippen LogP contribution is -2.58. The van der Waals surface area contributed by atoms with Gasteiger partial charge in [-0.3, -0.25) is 19.2 Å². The highest BCUT2D eigenvalue weighted by molar-refractivity contribution is 7.98. The van der Waals surface area contributed by atoms with Crippen molar-refractivity contribution >= 4 is 41.4 Å². The molecule has 0 fully saturated rings. The molecule has 0 saturated heterocycles. The number of hydrogen-bond acceptors (Lipinski definition) is 9. The molecule has 0 aromatic carbocycles. The number of nitrogens with two attached hydrogens (primary N) is 1. The number of thioether (sulfide) groups is 1. The zero-order valence-electron chi connectivity index (χ0n) is 19.4. The summed E-state index contributed by atoms with van der Waals surface area (Å²) in [6.07, 6.45) is 2.73. The maximum absolute atomic E-state index is 13.1. The number of H-pyrrole nitrogens is 1. The molecule has 9 N–H and O–H groups in total. The van der Waals surface area contributed by atoms with E-state index in [1.54, 1.807) is 6.26 Å². The Morgan fingerprint density at radius 1 is 1.03 bits per heavy atom. The second kappa shape index (κ2) is 15.0. The highest BCUT2D eigenvalue weighted by Gasteiger charge is 2.31. The van der Waals surface area contributed by atoms with E-state index in [4.69, 9.17) is 10.8 Å². The summed E-state index contributed by atoms with van der Waals surface area (Å²) < 4.78 is 0. The van der Waals surface area contributed by atoms with Gasteiger partial charge in [0.05, 0.1) is 12.4 Å². The fourth-order valence-corrected chi connectivity index (χ4v) is 3.36. The predicted octanol–water partition coefficient (Wildman–Crippen LogP) is -2.18. The third kappa shape index (κ3) is 10.7. The van der Waals surface area contributed by atoms with Gasteiger partial charge >= 0.3 is 11.9 Å². The van der Waals surface area contributed by atoms with Crippen molar-refractivity contribution in [2.75, 3.05) is 12.0 Å². The van der Waals surface area contributed by atoms with Crippen molar-refractivity contribution in [2.24, 2.45) is 5.73 Å². The molecule has 15 heteroatoms. The van der Waals surface area contributed by atoms with E-state index in [0.29, 0.717) is 11.4 Å². The SMILES string of the molecule is CSCCC(NC(=O)C(Cc1cnc[nH]1)NC(=O)C(N)C(C)O)C(=O)NC(CCC(=O)O)C(=O)O. The number of amides is 3. The van der Waals surface area contributed by atoms with Crippen molar-refractivity contribution in [3.63, 3.8) is 0 Å². The second-order valence-electron chi connectivity index (χ2n) is 7.78. The van der Waals surface area contributed by atoms with Gasteiger partial charge in [0.15, 0.2) is 0 Å². The number of aromatic amines is 1. The van der Waals surface area contributed by atoms with E-state index in [2.05, 4.69) is 25.9 Å². The number of carboxylic acid groups (broad SMARTS) is 2. The van der Waals surface area contributed by atoms with Crippen LogP contribution in [0.3, 0.4) is 0 Å². The number of aliphatic hydroxyl groups excluding tert-OH is 1. The van der Waals surface area contributed by atoms with Gasteiger partial charge in [0.1, 0.15) is 24.2 Å². The lowest BCUT2D eigenvalue weighted by Gasteiger charge is -2.25. The molecule has 0 radical (unpaired) electrons. The molecular weight excluding hydrogens is 484 g/mol. The Bertz CT molecular complexity index is 866. The van der Waals surface area contributed by atoms with Gasteiger partial charge in [-0.25, -0.2) is 9.78 Å². The highest BCUT2D eigenvalue weighted by Crippen LogP contribution is 2.07. The van der Waals surface area contributed by atoms with Crippen LogP contribution in [0.4, 0.5) is 0 Å². The number of carbonyl (C=O) groups is 5. The Labute approximate surface area is 205 Å². The van der Waals surface area contributed by atoms with Crippen LogP contribution in [0.5, 0.6) is 0 Å². The fraction of sp³-hybridized carbons (Fsp3) is 0.600. The van der Waals surface area contributed by atoms with Crippen LogP contribution in [-0.4, -0.2) is 97.2 Å². The molecule has 196 valence electrons. The number of nitrogens with one attached hydrogen (secondary N) is 4. The molecule has 0 aliphatic carbocycles. The van der Waals surface area contributed by atoms with Crippen LogP contribution in [0.2, 0.25) is 0 Å². The first-order chi connectivity index (χ1) is 16.5. The number of aliphatic hydroxyl groups is 1. The summed E-state index contributed by atoms with van der Waals surface area (Å²) in [7, 11) is 0. The molecule has 35 heavy (non-hydrogen) atoms. The van der Waals surface area contributed by atoms with Crippen LogP contribution in [0.25, 0.3) is 0 Å². The van der Waals surface area contributed by atoms with Crippen molar-refractivity contribution in [1.82, 2.24) is 25.9 Å². The molecule has 5 unspecified atom stereocenters. The summed E-state index contributed by atoms with van der Waals surface area (Å²) in [5.74, 6) is -4.53. The Morgan fingerprint density at radius 2 is 1.63 bits per heavy atom. The van der Waals surface area contributed by atoms with E-state index in [1.807, 2.05) is 0 Å². The maximum Gasteiger partial charge on any atom is 0.326 e. The zero-order valence-corrected chi connectivity index (χ0v) is 20.2. The molecule has 0 aliphatic heterocycles. The standard InChI is InChI=1S/C20H32N6O8S/c1-10(27)16(21)19(32)26-14(7-11-8-22-9-23-11)18(31)24-12(5-6-35-2)17(30)25-13(20(33)34)3-4-15(28)29/h8-10,12-14,16,27H,3-7,21H2,1-2H3,(H,22,23)(H,24,31)(H,25,30)(H,26,32)(H,28,29)(H,33,34). The van der Waals surface area contributed by atoms with E-state index < -0.39 is 66.4 Å². The molecule has 0 aliphatic rings. The Kier molecular flexibility index (Phi) is 12.8. The molecule has 0 saturated carbocycles. The number of hydrogen-bond donors (Lipinski definition) is 8. The molecule has 1 rings (SSSR count). The Morgan fingerprint density at radius 3 is 2.14 bits per heavy atom. The normalized spacial score (nSPS) is 15.2. The van der Waals surface area contributed by atoms with Gasteiger partial charge in [-0.15, -0.1) is 0 Å². The van der Waals surface area contributed by atoms with Gasteiger partial charge in [0.25, 0.3) is 0 Å². The fourth-order valence-electron chi connectivity index (χ4n) is 2.89. The third-order valence-electron chi connectivity index (χ3n) is 4.94. The van der Waals surface area contributed by atoms with Gasteiger partial charge in [0.2, 0.25) is 17.7 Å². The van der Waals surface area contributed by atoms with Gasteiger partial charge in [0, 0.05) is 24.7 Å². The molecule has 1 aromatic heterocycles. The molecule has 14 nitrogen and oxygen atoms in total. The lowest BCUT2D eigenvalue weighted by molar-refractivity contribution is -0.143. The number of nitrogens with zero attached hydrogens (tertiary/aromatic N) is 1. The van der Waals surface area contributed by atoms with Crippen molar-refractivity contribution in [3.8, 4) is 0 Å². The molecule has 1 heterocycles.